The number of nitrogens with two attached hydrogens (primary N) is 1. The lowest BCUT2D eigenvalue weighted by atomic mass is 10.0. The van der Waals surface area contributed by atoms with E-state index in [4.69, 9.17) is 10.5 Å². The highest BCUT2D eigenvalue weighted by Crippen LogP contribution is 2.39. The van der Waals surface area contributed by atoms with Gasteiger partial charge < -0.3 is 15.0 Å². The van der Waals surface area contributed by atoms with Crippen molar-refractivity contribution in [2.45, 2.75) is 19.9 Å². The van der Waals surface area contributed by atoms with Crippen LogP contribution in [0.25, 0.3) is 22.0 Å². The molecule has 1 heterocycles. The summed E-state index contributed by atoms with van der Waals surface area (Å²) < 4.78 is 7.50. The summed E-state index contributed by atoms with van der Waals surface area (Å²) in [6.07, 6.45) is 1.79. The summed E-state index contributed by atoms with van der Waals surface area (Å²) in [5.74, 6) is 1.45. The van der Waals surface area contributed by atoms with Gasteiger partial charge in [0.2, 0.25) is 0 Å². The Balaban J connectivity index is 2.33. The summed E-state index contributed by atoms with van der Waals surface area (Å²) in [5.41, 5.74) is 8.02. The molecule has 108 valence electrons. The Morgan fingerprint density at radius 2 is 1.90 bits per heavy atom. The molecule has 0 bridgehead atoms. The van der Waals surface area contributed by atoms with Crippen molar-refractivity contribution in [1.82, 2.24) is 9.55 Å². The molecule has 0 amide bonds. The first-order valence-corrected chi connectivity index (χ1v) is 7.02. The normalized spacial score (nSPS) is 11.2. The van der Waals surface area contributed by atoms with E-state index in [0.717, 1.165) is 27.8 Å². The van der Waals surface area contributed by atoms with Crippen LogP contribution in [0.3, 0.4) is 0 Å². The van der Waals surface area contributed by atoms with Gasteiger partial charge in [0.15, 0.2) is 0 Å². The fourth-order valence-electron chi connectivity index (χ4n) is 2.64. The van der Waals surface area contributed by atoms with Gasteiger partial charge in [0, 0.05) is 6.04 Å². The molecular weight excluding hydrogens is 262 g/mol. The molecule has 4 nitrogen and oxygen atoms in total. The molecule has 0 unspecified atom stereocenters. The van der Waals surface area contributed by atoms with Crippen molar-refractivity contribution in [2.24, 2.45) is 0 Å². The maximum absolute atomic E-state index is 6.30. The third-order valence-corrected chi connectivity index (χ3v) is 3.74. The van der Waals surface area contributed by atoms with Gasteiger partial charge >= 0.3 is 0 Å². The van der Waals surface area contributed by atoms with Gasteiger partial charge in [0.1, 0.15) is 17.3 Å². The molecule has 0 saturated carbocycles. The first kappa shape index (κ1) is 13.5. The third-order valence-electron chi connectivity index (χ3n) is 3.74. The van der Waals surface area contributed by atoms with Crippen molar-refractivity contribution in [1.29, 1.82) is 0 Å². The van der Waals surface area contributed by atoms with E-state index < -0.39 is 0 Å². The number of nitrogens with zero attached hydrogens (tertiary/aromatic N) is 2. The second-order valence-corrected chi connectivity index (χ2v) is 5.34. The fraction of sp³-hybridized carbons (Fsp3) is 0.235. The number of nitrogen functional groups attached to an aromatic ring is 1. The zero-order chi connectivity index (χ0) is 15.0. The van der Waals surface area contributed by atoms with Crippen LogP contribution in [0.2, 0.25) is 0 Å². The molecule has 3 aromatic rings. The average Bonchev–Trinajstić information content (AvgIpc) is 2.87. The molecule has 0 spiro atoms. The molecule has 2 N–H and O–H groups in total. The molecular formula is C17H19N3O. The Labute approximate surface area is 124 Å². The molecule has 0 atom stereocenters. The molecule has 0 fully saturated rings. The summed E-state index contributed by atoms with van der Waals surface area (Å²) in [5, 5.41) is 2.24. The monoisotopic (exact) mass is 281 g/mol. The van der Waals surface area contributed by atoms with Crippen LogP contribution in [-0.4, -0.2) is 16.7 Å². The van der Waals surface area contributed by atoms with E-state index in [-0.39, 0.29) is 6.04 Å². The first-order chi connectivity index (χ1) is 10.1. The van der Waals surface area contributed by atoms with Crippen molar-refractivity contribution < 1.29 is 4.74 Å². The van der Waals surface area contributed by atoms with Crippen LogP contribution in [0.4, 0.5) is 5.82 Å². The van der Waals surface area contributed by atoms with Crippen LogP contribution < -0.4 is 10.5 Å². The average molecular weight is 281 g/mol. The largest absolute Gasteiger partial charge is 0.496 e. The number of hydrogen-bond acceptors (Lipinski definition) is 3. The second-order valence-electron chi connectivity index (χ2n) is 5.34. The molecule has 0 aliphatic heterocycles. The van der Waals surface area contributed by atoms with Gasteiger partial charge in [-0.15, -0.1) is 0 Å². The maximum atomic E-state index is 6.30. The quantitative estimate of drug-likeness (QED) is 0.792. The van der Waals surface area contributed by atoms with Gasteiger partial charge in [0.05, 0.1) is 19.0 Å². The SMILES string of the molecule is COc1ccc2ccccc2c1-c1ncn(C(C)C)c1N. The number of anilines is 1. The lowest BCUT2D eigenvalue weighted by molar-refractivity contribution is 0.417. The van der Waals surface area contributed by atoms with Crippen molar-refractivity contribution in [2.75, 3.05) is 12.8 Å². The van der Waals surface area contributed by atoms with Gasteiger partial charge in [0.25, 0.3) is 0 Å². The standard InChI is InChI=1S/C17H19N3O/c1-11(2)20-10-19-16(17(20)18)15-13-7-5-4-6-12(13)8-9-14(15)21-3/h4-11H,18H2,1-3H3. The predicted octanol–water partition coefficient (Wildman–Crippen LogP) is 3.88. The minimum Gasteiger partial charge on any atom is -0.496 e. The summed E-state index contributed by atoms with van der Waals surface area (Å²) in [4.78, 5) is 4.52. The van der Waals surface area contributed by atoms with Gasteiger partial charge in [-0.2, -0.15) is 0 Å². The zero-order valence-electron chi connectivity index (χ0n) is 12.5. The lowest BCUT2D eigenvalue weighted by Crippen LogP contribution is -2.04. The Bertz CT molecular complexity index is 790. The van der Waals surface area contributed by atoms with Gasteiger partial charge in [-0.25, -0.2) is 4.98 Å². The van der Waals surface area contributed by atoms with Crippen LogP contribution in [0.15, 0.2) is 42.7 Å². The summed E-state index contributed by atoms with van der Waals surface area (Å²) in [7, 11) is 1.67. The van der Waals surface area contributed by atoms with Crippen LogP contribution in [0.1, 0.15) is 19.9 Å². The summed E-state index contributed by atoms with van der Waals surface area (Å²) >= 11 is 0. The third kappa shape index (κ3) is 2.13. The lowest BCUT2D eigenvalue weighted by Gasteiger charge is -2.13. The second kappa shape index (κ2) is 5.13. The van der Waals surface area contributed by atoms with Gasteiger partial charge in [-0.3, -0.25) is 0 Å². The van der Waals surface area contributed by atoms with E-state index in [1.807, 2.05) is 28.8 Å². The molecule has 2 aromatic carbocycles. The Hall–Kier alpha value is -2.49. The predicted molar refractivity (Wildman–Crippen MR) is 86.5 cm³/mol. The minimum atomic E-state index is 0.271. The van der Waals surface area contributed by atoms with Crippen molar-refractivity contribution in [3.63, 3.8) is 0 Å². The van der Waals surface area contributed by atoms with E-state index in [9.17, 15) is 0 Å². The number of benzene rings is 2. The van der Waals surface area contributed by atoms with E-state index >= 15 is 0 Å². The topological polar surface area (TPSA) is 53.1 Å². The molecule has 0 saturated heterocycles. The molecule has 21 heavy (non-hydrogen) atoms. The zero-order valence-corrected chi connectivity index (χ0v) is 12.5. The van der Waals surface area contributed by atoms with Gasteiger partial charge in [-0.05, 0) is 30.7 Å². The number of methoxy groups -OCH3 is 1. The van der Waals surface area contributed by atoms with Crippen LogP contribution in [0, 0.1) is 0 Å². The summed E-state index contributed by atoms with van der Waals surface area (Å²) in [6, 6.07) is 12.5. The minimum absolute atomic E-state index is 0.271. The highest BCUT2D eigenvalue weighted by Gasteiger charge is 2.18. The number of fused-ring (bicyclic) bond motifs is 1. The number of hydrogen-bond donors (Lipinski definition) is 1. The number of rotatable bonds is 3. The first-order valence-electron chi connectivity index (χ1n) is 7.02. The Morgan fingerprint density at radius 3 is 2.57 bits per heavy atom. The van der Waals surface area contributed by atoms with Crippen LogP contribution in [-0.2, 0) is 0 Å². The summed E-state index contributed by atoms with van der Waals surface area (Å²) in [6.45, 7) is 4.17. The molecule has 1 aromatic heterocycles. The van der Waals surface area contributed by atoms with E-state index in [2.05, 4.69) is 31.0 Å². The fourth-order valence-corrected chi connectivity index (χ4v) is 2.64. The molecule has 0 radical (unpaired) electrons. The van der Waals surface area contributed by atoms with Crippen molar-refractivity contribution in [3.8, 4) is 17.0 Å². The van der Waals surface area contributed by atoms with Crippen molar-refractivity contribution in [3.05, 3.63) is 42.7 Å². The molecule has 3 rings (SSSR count). The van der Waals surface area contributed by atoms with E-state index in [1.54, 1.807) is 13.4 Å². The highest BCUT2D eigenvalue weighted by atomic mass is 16.5. The molecule has 0 aliphatic carbocycles. The number of aromatic nitrogens is 2. The van der Waals surface area contributed by atoms with Crippen LogP contribution in [0.5, 0.6) is 5.75 Å². The number of ether oxygens (including phenoxy) is 1. The Kier molecular flexibility index (Phi) is 3.29. The Morgan fingerprint density at radius 1 is 1.14 bits per heavy atom. The molecule has 0 aliphatic rings. The smallest absolute Gasteiger partial charge is 0.131 e. The van der Waals surface area contributed by atoms with Crippen LogP contribution >= 0.6 is 0 Å². The molecule has 4 heteroatoms. The van der Waals surface area contributed by atoms with Gasteiger partial charge in [-0.1, -0.05) is 30.3 Å². The van der Waals surface area contributed by atoms with Crippen molar-refractivity contribution >= 4 is 16.6 Å². The van der Waals surface area contributed by atoms with E-state index in [0.29, 0.717) is 5.82 Å². The van der Waals surface area contributed by atoms with E-state index in [1.165, 1.54) is 0 Å². The number of imidazole rings is 1. The highest BCUT2D eigenvalue weighted by molar-refractivity contribution is 6.00. The maximum Gasteiger partial charge on any atom is 0.131 e.